The lowest BCUT2D eigenvalue weighted by Gasteiger charge is -2.32. The Labute approximate surface area is 99.9 Å². The Balaban J connectivity index is 2.07. The zero-order valence-corrected chi connectivity index (χ0v) is 9.83. The van der Waals surface area contributed by atoms with Crippen LogP contribution in [-0.2, 0) is 11.2 Å². The van der Waals surface area contributed by atoms with Crippen LogP contribution in [0.15, 0.2) is 12.3 Å². The quantitative estimate of drug-likeness (QED) is 0.787. The Morgan fingerprint density at radius 2 is 2.12 bits per heavy atom. The second-order valence-corrected chi connectivity index (χ2v) is 4.21. The van der Waals surface area contributed by atoms with Crippen LogP contribution in [0.5, 0.6) is 0 Å². The van der Waals surface area contributed by atoms with Crippen molar-refractivity contribution in [3.8, 4) is 0 Å². The largest absolute Gasteiger partial charge is 0.481 e. The minimum Gasteiger partial charge on any atom is -0.481 e. The number of rotatable bonds is 3. The van der Waals surface area contributed by atoms with Gasteiger partial charge >= 0.3 is 5.97 Å². The molecule has 0 saturated carbocycles. The van der Waals surface area contributed by atoms with Gasteiger partial charge < -0.3 is 14.9 Å². The highest BCUT2D eigenvalue weighted by Gasteiger charge is 2.16. The topological polar surface area (TPSA) is 69.6 Å². The van der Waals surface area contributed by atoms with Crippen LogP contribution in [0, 0.1) is 0 Å². The molecule has 6 heteroatoms. The molecule has 1 aromatic heterocycles. The Bertz CT molecular complexity index is 402. The zero-order chi connectivity index (χ0) is 12.3. The van der Waals surface area contributed by atoms with Crippen molar-refractivity contribution in [1.29, 1.82) is 0 Å². The van der Waals surface area contributed by atoms with Gasteiger partial charge in [-0.3, -0.25) is 4.79 Å². The van der Waals surface area contributed by atoms with Crippen LogP contribution in [0.2, 0.25) is 0 Å². The Morgan fingerprint density at radius 1 is 1.41 bits per heavy atom. The molecule has 0 bridgehead atoms. The number of carboxylic acid groups (broad SMARTS) is 1. The predicted molar refractivity (Wildman–Crippen MR) is 63.1 cm³/mol. The van der Waals surface area contributed by atoms with E-state index in [2.05, 4.69) is 26.8 Å². The molecule has 6 nitrogen and oxygen atoms in total. The summed E-state index contributed by atoms with van der Waals surface area (Å²) in [4.78, 5) is 23.4. The molecule has 1 saturated heterocycles. The number of aromatic nitrogens is 2. The van der Waals surface area contributed by atoms with Gasteiger partial charge in [-0.1, -0.05) is 0 Å². The lowest BCUT2D eigenvalue weighted by molar-refractivity contribution is -0.136. The number of nitrogens with zero attached hydrogens (tertiary/aromatic N) is 4. The third kappa shape index (κ3) is 3.13. The summed E-state index contributed by atoms with van der Waals surface area (Å²) in [6, 6.07) is 1.65. The molecule has 0 aromatic carbocycles. The summed E-state index contributed by atoms with van der Waals surface area (Å²) in [7, 11) is 2.08. The van der Waals surface area contributed by atoms with Crippen LogP contribution in [0.1, 0.15) is 5.69 Å². The fourth-order valence-electron chi connectivity index (χ4n) is 1.80. The van der Waals surface area contributed by atoms with Gasteiger partial charge in [-0.25, -0.2) is 9.97 Å². The summed E-state index contributed by atoms with van der Waals surface area (Å²) in [6.45, 7) is 3.72. The van der Waals surface area contributed by atoms with Crippen molar-refractivity contribution in [2.45, 2.75) is 6.42 Å². The van der Waals surface area contributed by atoms with E-state index in [0.29, 0.717) is 11.6 Å². The van der Waals surface area contributed by atoms with Crippen molar-refractivity contribution < 1.29 is 9.90 Å². The molecule has 1 N–H and O–H groups in total. The molecule has 0 spiro atoms. The molecule has 0 atom stereocenters. The Kier molecular flexibility index (Phi) is 3.53. The first-order valence-electron chi connectivity index (χ1n) is 5.62. The van der Waals surface area contributed by atoms with E-state index in [1.54, 1.807) is 12.3 Å². The summed E-state index contributed by atoms with van der Waals surface area (Å²) in [6.07, 6.45) is 1.57. The zero-order valence-electron chi connectivity index (χ0n) is 9.83. The van der Waals surface area contributed by atoms with Crippen LogP contribution < -0.4 is 4.90 Å². The molecule has 1 fully saturated rings. The van der Waals surface area contributed by atoms with Gasteiger partial charge in [-0.2, -0.15) is 0 Å². The van der Waals surface area contributed by atoms with Crippen molar-refractivity contribution in [1.82, 2.24) is 14.9 Å². The monoisotopic (exact) mass is 236 g/mol. The van der Waals surface area contributed by atoms with Crippen LogP contribution >= 0.6 is 0 Å². The fourth-order valence-corrected chi connectivity index (χ4v) is 1.80. The van der Waals surface area contributed by atoms with Gasteiger partial charge in [0.1, 0.15) is 0 Å². The molecule has 92 valence electrons. The number of anilines is 1. The van der Waals surface area contributed by atoms with Crippen molar-refractivity contribution in [2.75, 3.05) is 38.1 Å². The number of carboxylic acids is 1. The van der Waals surface area contributed by atoms with Crippen molar-refractivity contribution in [2.24, 2.45) is 0 Å². The molecular formula is C11H16N4O2. The normalized spacial score (nSPS) is 17.1. The van der Waals surface area contributed by atoms with Crippen LogP contribution in [0.4, 0.5) is 5.95 Å². The van der Waals surface area contributed by atoms with E-state index in [1.807, 2.05) is 0 Å². The summed E-state index contributed by atoms with van der Waals surface area (Å²) in [5.74, 6) is -0.232. The molecular weight excluding hydrogens is 220 g/mol. The lowest BCUT2D eigenvalue weighted by atomic mass is 10.3. The third-order valence-corrected chi connectivity index (χ3v) is 2.82. The van der Waals surface area contributed by atoms with Gasteiger partial charge in [0.2, 0.25) is 5.95 Å². The average Bonchev–Trinajstić information content (AvgIpc) is 2.29. The van der Waals surface area contributed by atoms with Gasteiger partial charge in [-0.15, -0.1) is 0 Å². The number of likely N-dealkylation sites (N-methyl/N-ethyl adjacent to an activating group) is 1. The van der Waals surface area contributed by atoms with Gasteiger partial charge in [0.15, 0.2) is 0 Å². The first-order valence-corrected chi connectivity index (χ1v) is 5.62. The molecule has 0 radical (unpaired) electrons. The number of aliphatic carboxylic acids is 1. The van der Waals surface area contributed by atoms with E-state index in [-0.39, 0.29) is 6.42 Å². The SMILES string of the molecule is CN1CCN(c2nccc(CC(=O)O)n2)CC1. The predicted octanol–water partition coefficient (Wildman–Crippen LogP) is -0.145. The highest BCUT2D eigenvalue weighted by atomic mass is 16.4. The maximum Gasteiger partial charge on any atom is 0.309 e. The molecule has 2 heterocycles. The van der Waals surface area contributed by atoms with Gasteiger partial charge in [0, 0.05) is 32.4 Å². The Morgan fingerprint density at radius 3 is 2.76 bits per heavy atom. The molecule has 1 aromatic rings. The lowest BCUT2D eigenvalue weighted by Crippen LogP contribution is -2.45. The highest BCUT2D eigenvalue weighted by Crippen LogP contribution is 2.10. The summed E-state index contributed by atoms with van der Waals surface area (Å²) >= 11 is 0. The smallest absolute Gasteiger partial charge is 0.309 e. The number of piperazine rings is 1. The maximum absolute atomic E-state index is 10.6. The first-order chi connectivity index (χ1) is 8.15. The van der Waals surface area contributed by atoms with Crippen LogP contribution in [0.3, 0.4) is 0 Å². The van der Waals surface area contributed by atoms with E-state index in [1.165, 1.54) is 0 Å². The summed E-state index contributed by atoms with van der Waals surface area (Å²) in [5.41, 5.74) is 0.557. The minimum atomic E-state index is -0.868. The second-order valence-electron chi connectivity index (χ2n) is 4.21. The molecule has 1 aliphatic rings. The third-order valence-electron chi connectivity index (χ3n) is 2.82. The molecule has 17 heavy (non-hydrogen) atoms. The highest BCUT2D eigenvalue weighted by molar-refractivity contribution is 5.69. The second kappa shape index (κ2) is 5.09. The van der Waals surface area contributed by atoms with E-state index in [4.69, 9.17) is 5.11 Å². The number of carbonyl (C=O) groups is 1. The van der Waals surface area contributed by atoms with E-state index in [0.717, 1.165) is 26.2 Å². The molecule has 0 amide bonds. The van der Waals surface area contributed by atoms with E-state index < -0.39 is 5.97 Å². The molecule has 0 unspecified atom stereocenters. The Hall–Kier alpha value is -1.69. The van der Waals surface area contributed by atoms with E-state index in [9.17, 15) is 4.79 Å². The van der Waals surface area contributed by atoms with Gasteiger partial charge in [0.05, 0.1) is 12.1 Å². The number of hydrogen-bond donors (Lipinski definition) is 1. The molecule has 1 aliphatic heterocycles. The first kappa shape index (κ1) is 11.8. The molecule has 2 rings (SSSR count). The van der Waals surface area contributed by atoms with Gasteiger partial charge in [0.25, 0.3) is 0 Å². The number of hydrogen-bond acceptors (Lipinski definition) is 5. The average molecular weight is 236 g/mol. The van der Waals surface area contributed by atoms with Crippen molar-refractivity contribution in [3.05, 3.63) is 18.0 Å². The summed E-state index contributed by atoms with van der Waals surface area (Å²) in [5, 5.41) is 8.72. The standard InChI is InChI=1S/C11H16N4O2/c1-14-4-6-15(7-5-14)11-12-3-2-9(13-11)8-10(16)17/h2-3H,4-8H2,1H3,(H,16,17). The fraction of sp³-hybridized carbons (Fsp3) is 0.545. The van der Waals surface area contributed by atoms with Crippen LogP contribution in [-0.4, -0.2) is 59.2 Å². The minimum absolute atomic E-state index is 0.0523. The molecule has 0 aliphatic carbocycles. The maximum atomic E-state index is 10.6. The summed E-state index contributed by atoms with van der Waals surface area (Å²) < 4.78 is 0. The van der Waals surface area contributed by atoms with Crippen molar-refractivity contribution >= 4 is 11.9 Å². The van der Waals surface area contributed by atoms with Crippen LogP contribution in [0.25, 0.3) is 0 Å². The van der Waals surface area contributed by atoms with Gasteiger partial charge in [-0.05, 0) is 13.1 Å². The van der Waals surface area contributed by atoms with E-state index >= 15 is 0 Å². The van der Waals surface area contributed by atoms with Crippen molar-refractivity contribution in [3.63, 3.8) is 0 Å².